The lowest BCUT2D eigenvalue weighted by atomic mass is 10.0. The average molecular weight is 387 g/mol. The van der Waals surface area contributed by atoms with E-state index in [-0.39, 0.29) is 17.6 Å². The maximum absolute atomic E-state index is 12.9. The van der Waals surface area contributed by atoms with Gasteiger partial charge in [-0.15, -0.1) is 0 Å². The van der Waals surface area contributed by atoms with Gasteiger partial charge in [0.25, 0.3) is 5.91 Å². The van der Waals surface area contributed by atoms with Crippen LogP contribution in [0.3, 0.4) is 0 Å². The van der Waals surface area contributed by atoms with E-state index in [9.17, 15) is 9.59 Å². The van der Waals surface area contributed by atoms with Gasteiger partial charge in [-0.1, -0.05) is 42.5 Å². The summed E-state index contributed by atoms with van der Waals surface area (Å²) in [5.41, 5.74) is 3.91. The summed E-state index contributed by atoms with van der Waals surface area (Å²) >= 11 is 0. The minimum Gasteiger partial charge on any atom is -0.337 e. The Morgan fingerprint density at radius 3 is 2.52 bits per heavy atom. The van der Waals surface area contributed by atoms with E-state index in [1.165, 1.54) is 0 Å². The molecule has 0 aliphatic carbocycles. The molecule has 1 amide bonds. The summed E-state index contributed by atoms with van der Waals surface area (Å²) in [6, 6.07) is 19.4. The third-order valence-corrected chi connectivity index (χ3v) is 5.62. The number of carbonyl (C=O) groups excluding carboxylic acids is 1. The van der Waals surface area contributed by atoms with E-state index in [0.29, 0.717) is 18.8 Å². The maximum atomic E-state index is 12.9. The molecule has 7 nitrogen and oxygen atoms in total. The Hall–Kier alpha value is -3.61. The van der Waals surface area contributed by atoms with Crippen LogP contribution in [0.4, 0.5) is 0 Å². The van der Waals surface area contributed by atoms with E-state index in [1.807, 2.05) is 64.1 Å². The quantitative estimate of drug-likeness (QED) is 0.566. The average Bonchev–Trinajstić information content (AvgIpc) is 3.38. The van der Waals surface area contributed by atoms with Gasteiger partial charge in [0.15, 0.2) is 0 Å². The normalized spacial score (nSPS) is 15.1. The zero-order valence-corrected chi connectivity index (χ0v) is 15.8. The molecule has 0 saturated carbocycles. The zero-order chi connectivity index (χ0) is 19.8. The number of aromatic nitrogens is 4. The predicted molar refractivity (Wildman–Crippen MR) is 111 cm³/mol. The van der Waals surface area contributed by atoms with E-state index in [0.717, 1.165) is 35.1 Å². The molecule has 1 fully saturated rings. The lowest BCUT2D eigenvalue weighted by Gasteiger charge is -2.32. The lowest BCUT2D eigenvalue weighted by Crippen LogP contribution is -2.40. The molecule has 0 unspecified atom stereocenters. The zero-order valence-electron chi connectivity index (χ0n) is 15.8. The Bertz CT molecular complexity index is 1210. The van der Waals surface area contributed by atoms with Crippen molar-refractivity contribution >= 4 is 16.9 Å². The first-order valence-electron chi connectivity index (χ1n) is 9.80. The van der Waals surface area contributed by atoms with Crippen LogP contribution in [0, 0.1) is 0 Å². The molecule has 1 saturated heterocycles. The molecule has 3 heterocycles. The SMILES string of the molecule is O=C(c1cc(-c2ccccc2)n[nH]1)N1CCC(n2c(=O)[nH]c3ccccc32)CC1. The van der Waals surface area contributed by atoms with Crippen LogP contribution in [0.2, 0.25) is 0 Å². The van der Waals surface area contributed by atoms with Crippen molar-refractivity contribution in [3.63, 3.8) is 0 Å². The highest BCUT2D eigenvalue weighted by molar-refractivity contribution is 5.93. The summed E-state index contributed by atoms with van der Waals surface area (Å²) in [4.78, 5) is 30.1. The number of rotatable bonds is 3. The molecule has 29 heavy (non-hydrogen) atoms. The van der Waals surface area contributed by atoms with Crippen molar-refractivity contribution in [2.45, 2.75) is 18.9 Å². The molecule has 0 atom stereocenters. The van der Waals surface area contributed by atoms with Crippen molar-refractivity contribution in [2.75, 3.05) is 13.1 Å². The van der Waals surface area contributed by atoms with Gasteiger partial charge in [0.05, 0.1) is 16.7 Å². The molecule has 0 bridgehead atoms. The smallest absolute Gasteiger partial charge is 0.326 e. The molecule has 0 radical (unpaired) electrons. The predicted octanol–water partition coefficient (Wildman–Crippen LogP) is 3.20. The number of hydrogen-bond donors (Lipinski definition) is 2. The van der Waals surface area contributed by atoms with Crippen LogP contribution in [0.15, 0.2) is 65.5 Å². The highest BCUT2D eigenvalue weighted by Crippen LogP contribution is 2.26. The molecule has 2 N–H and O–H groups in total. The Morgan fingerprint density at radius 2 is 1.72 bits per heavy atom. The van der Waals surface area contributed by atoms with E-state index in [4.69, 9.17) is 0 Å². The number of imidazole rings is 1. The molecule has 1 aliphatic rings. The van der Waals surface area contributed by atoms with Gasteiger partial charge in [-0.3, -0.25) is 14.5 Å². The summed E-state index contributed by atoms with van der Waals surface area (Å²) in [7, 11) is 0. The van der Waals surface area contributed by atoms with Crippen molar-refractivity contribution in [1.29, 1.82) is 0 Å². The third-order valence-electron chi connectivity index (χ3n) is 5.62. The number of fused-ring (bicyclic) bond motifs is 1. The summed E-state index contributed by atoms with van der Waals surface area (Å²) in [6.07, 6.45) is 1.49. The summed E-state index contributed by atoms with van der Waals surface area (Å²) < 4.78 is 1.83. The second kappa shape index (κ2) is 7.09. The van der Waals surface area contributed by atoms with Gasteiger partial charge in [-0.05, 0) is 31.0 Å². The number of H-pyrrole nitrogens is 2. The number of benzene rings is 2. The highest BCUT2D eigenvalue weighted by atomic mass is 16.2. The minimum absolute atomic E-state index is 0.0515. The monoisotopic (exact) mass is 387 g/mol. The molecule has 2 aromatic carbocycles. The Kier molecular flexibility index (Phi) is 4.27. The topological polar surface area (TPSA) is 86.8 Å². The van der Waals surface area contributed by atoms with E-state index in [2.05, 4.69) is 15.2 Å². The number of likely N-dealkylation sites (tertiary alicyclic amines) is 1. The van der Waals surface area contributed by atoms with Gasteiger partial charge < -0.3 is 9.88 Å². The van der Waals surface area contributed by atoms with Gasteiger partial charge in [-0.2, -0.15) is 5.10 Å². The van der Waals surface area contributed by atoms with Crippen molar-refractivity contribution < 1.29 is 4.79 Å². The summed E-state index contributed by atoms with van der Waals surface area (Å²) in [5, 5.41) is 7.15. The number of nitrogens with zero attached hydrogens (tertiary/aromatic N) is 3. The standard InChI is InChI=1S/C22H21N5O2/c28-21(19-14-18(24-25-19)15-6-2-1-3-7-15)26-12-10-16(11-13-26)27-20-9-5-4-8-17(20)23-22(27)29/h1-9,14,16H,10-13H2,(H,23,29)(H,24,25). The number of para-hydroxylation sites is 2. The molecule has 4 aromatic rings. The number of piperidine rings is 1. The van der Waals surface area contributed by atoms with Crippen molar-refractivity contribution in [2.24, 2.45) is 0 Å². The van der Waals surface area contributed by atoms with Gasteiger partial charge in [0.2, 0.25) is 0 Å². The molecule has 0 spiro atoms. The molecule has 146 valence electrons. The van der Waals surface area contributed by atoms with E-state index in [1.54, 1.807) is 6.07 Å². The van der Waals surface area contributed by atoms with Crippen LogP contribution < -0.4 is 5.69 Å². The largest absolute Gasteiger partial charge is 0.337 e. The number of nitrogens with one attached hydrogen (secondary N) is 2. The van der Waals surface area contributed by atoms with Crippen molar-refractivity contribution in [3.05, 3.63) is 76.8 Å². The molecular weight excluding hydrogens is 366 g/mol. The Balaban J connectivity index is 1.31. The number of carbonyl (C=O) groups is 1. The fourth-order valence-corrected chi connectivity index (χ4v) is 4.12. The molecule has 2 aromatic heterocycles. The highest BCUT2D eigenvalue weighted by Gasteiger charge is 2.27. The van der Waals surface area contributed by atoms with E-state index < -0.39 is 0 Å². The van der Waals surface area contributed by atoms with Gasteiger partial charge >= 0.3 is 5.69 Å². The van der Waals surface area contributed by atoms with Gasteiger partial charge in [0.1, 0.15) is 5.69 Å². The number of hydrogen-bond acceptors (Lipinski definition) is 3. The first-order chi connectivity index (χ1) is 14.2. The second-order valence-corrected chi connectivity index (χ2v) is 7.37. The fourth-order valence-electron chi connectivity index (χ4n) is 4.12. The Morgan fingerprint density at radius 1 is 1.00 bits per heavy atom. The molecule has 7 heteroatoms. The maximum Gasteiger partial charge on any atom is 0.326 e. The Labute approximate surface area is 167 Å². The van der Waals surface area contributed by atoms with Crippen LogP contribution in [0.5, 0.6) is 0 Å². The number of amides is 1. The summed E-state index contributed by atoms with van der Waals surface area (Å²) in [5.74, 6) is -0.0515. The van der Waals surface area contributed by atoms with Gasteiger partial charge in [0, 0.05) is 24.7 Å². The number of aromatic amines is 2. The van der Waals surface area contributed by atoms with Crippen LogP contribution in [0.25, 0.3) is 22.3 Å². The van der Waals surface area contributed by atoms with Crippen LogP contribution in [-0.2, 0) is 0 Å². The van der Waals surface area contributed by atoms with Crippen LogP contribution >= 0.6 is 0 Å². The first-order valence-corrected chi connectivity index (χ1v) is 9.80. The van der Waals surface area contributed by atoms with E-state index >= 15 is 0 Å². The lowest BCUT2D eigenvalue weighted by molar-refractivity contribution is 0.0689. The first kappa shape index (κ1) is 17.5. The van der Waals surface area contributed by atoms with Crippen LogP contribution in [-0.4, -0.2) is 43.6 Å². The second-order valence-electron chi connectivity index (χ2n) is 7.37. The summed E-state index contributed by atoms with van der Waals surface area (Å²) in [6.45, 7) is 1.21. The molecular formula is C22H21N5O2. The van der Waals surface area contributed by atoms with Crippen molar-refractivity contribution in [3.8, 4) is 11.3 Å². The fraction of sp³-hybridized carbons (Fsp3) is 0.227. The third kappa shape index (κ3) is 3.14. The minimum atomic E-state index is -0.0861. The van der Waals surface area contributed by atoms with Gasteiger partial charge in [-0.25, -0.2) is 4.79 Å². The van der Waals surface area contributed by atoms with Crippen LogP contribution in [0.1, 0.15) is 29.4 Å². The van der Waals surface area contributed by atoms with Crippen molar-refractivity contribution in [1.82, 2.24) is 24.6 Å². The molecule has 1 aliphatic heterocycles. The molecule has 5 rings (SSSR count).